The lowest BCUT2D eigenvalue weighted by Crippen LogP contribution is -2.58. The number of allylic oxidation sites excluding steroid dienone is 1. The van der Waals surface area contributed by atoms with E-state index in [9.17, 15) is 14.4 Å². The average Bonchev–Trinajstić information content (AvgIpc) is 3.80. The van der Waals surface area contributed by atoms with E-state index in [0.717, 1.165) is 61.6 Å². The Morgan fingerprint density at radius 2 is 1.51 bits per heavy atom. The van der Waals surface area contributed by atoms with Crippen LogP contribution in [0.5, 0.6) is 5.75 Å². The molecular weight excluding hydrogens is 765 g/mol. The first-order chi connectivity index (χ1) is 29.6. The Labute approximate surface area is 359 Å². The van der Waals surface area contributed by atoms with E-state index in [4.69, 9.17) is 23.4 Å². The molecule has 8 heteroatoms. The number of benzene rings is 4. The highest BCUT2D eigenvalue weighted by Gasteiger charge is 2.57. The van der Waals surface area contributed by atoms with Gasteiger partial charge in [-0.2, -0.15) is 0 Å². The number of carbonyl (C=O) groups excluding carboxylic acids is 2. The average molecular weight is 823 g/mol. The van der Waals surface area contributed by atoms with Gasteiger partial charge in [-0.25, -0.2) is 9.59 Å². The Balaban J connectivity index is 1.19. The smallest absolute Gasteiger partial charge is 0.339 e. The fraction of sp³-hybridized carbons (Fsp3) is 0.415. The number of hydrogen-bond acceptors (Lipinski definition) is 8. The van der Waals surface area contributed by atoms with Crippen LogP contribution < -0.4 is 10.4 Å². The second-order valence-corrected chi connectivity index (χ2v) is 17.8. The molecule has 5 aromatic rings. The lowest BCUT2D eigenvalue weighted by molar-refractivity contribution is -0.199. The fourth-order valence-electron chi connectivity index (χ4n) is 9.82. The molecule has 4 heterocycles. The van der Waals surface area contributed by atoms with Crippen LogP contribution in [0.15, 0.2) is 117 Å². The number of hydrogen-bond donors (Lipinski definition) is 0. The van der Waals surface area contributed by atoms with Gasteiger partial charge in [-0.05, 0) is 124 Å². The molecule has 0 unspecified atom stereocenters. The number of fused-ring (bicyclic) bond motifs is 13. The van der Waals surface area contributed by atoms with Crippen LogP contribution in [0.25, 0.3) is 11.0 Å². The van der Waals surface area contributed by atoms with Crippen molar-refractivity contribution in [3.05, 3.63) is 158 Å². The van der Waals surface area contributed by atoms with E-state index in [-0.39, 0.29) is 23.8 Å². The molecule has 2 bridgehead atoms. The SMILES string of the molecule is COCCc1cc2ccc3c(c2oc1=O)[C@@H]1OC(=O)C[C@H](CCc2cccc(Cc4ccccc4)c2)Cc2ccc(cc2)CCC(=C(C)C)C(=O)O[C@@H]1[C@](C)(C1CCCC1)O3. The van der Waals surface area contributed by atoms with Gasteiger partial charge in [-0.1, -0.05) is 97.3 Å². The van der Waals surface area contributed by atoms with E-state index in [1.54, 1.807) is 13.2 Å². The number of rotatable bonds is 9. The lowest BCUT2D eigenvalue weighted by Gasteiger charge is -2.48. The first kappa shape index (κ1) is 42.2. The molecule has 1 saturated carbocycles. The Morgan fingerprint density at radius 3 is 2.26 bits per heavy atom. The molecule has 4 atom stereocenters. The Morgan fingerprint density at radius 1 is 0.770 bits per heavy atom. The van der Waals surface area contributed by atoms with E-state index >= 15 is 0 Å². The highest BCUT2D eigenvalue weighted by Crippen LogP contribution is 2.52. The standard InChI is InChI=1S/C53H58O8/c1-34(2)44-25-23-35-17-19-38(20-18-35)31-40(22-21-37-13-10-14-39(30-37)29-36-11-6-5-7-12-36)32-46(54)58-49-47-45(26-24-41-33-42(27-28-57-4)51(55)59-48(41)47)61-53(3,43-15-8-9-16-43)50(49)60-52(44)56/h5-7,10-14,17-20,24,26,30,33,40,43,49-50H,8-9,15-16,21-23,25,27-29,31-32H2,1-4H3/t40-,49+,50+,53+/m1/s1. The van der Waals surface area contributed by atoms with Gasteiger partial charge >= 0.3 is 17.6 Å². The molecule has 9 rings (SSSR count). The molecule has 0 saturated heterocycles. The molecule has 1 aromatic heterocycles. The minimum Gasteiger partial charge on any atom is -0.483 e. The molecule has 0 N–H and O–H groups in total. The largest absolute Gasteiger partial charge is 0.483 e. The first-order valence-electron chi connectivity index (χ1n) is 22.1. The molecule has 318 valence electrons. The van der Waals surface area contributed by atoms with Crippen LogP contribution in [0.3, 0.4) is 0 Å². The third kappa shape index (κ3) is 9.55. The van der Waals surface area contributed by atoms with Crippen LogP contribution in [0, 0.1) is 11.8 Å². The van der Waals surface area contributed by atoms with E-state index in [2.05, 4.69) is 72.8 Å². The summed E-state index contributed by atoms with van der Waals surface area (Å²) >= 11 is 0. The summed E-state index contributed by atoms with van der Waals surface area (Å²) in [5.41, 5.74) is 7.09. The van der Waals surface area contributed by atoms with E-state index in [1.807, 2.05) is 39.0 Å². The van der Waals surface area contributed by atoms with Crippen LogP contribution in [-0.2, 0) is 55.9 Å². The molecule has 1 fully saturated rings. The topological polar surface area (TPSA) is 101 Å². The normalized spacial score (nSPS) is 22.3. The van der Waals surface area contributed by atoms with Gasteiger partial charge in [-0.3, -0.25) is 4.79 Å². The molecule has 8 nitrogen and oxygen atoms in total. The van der Waals surface area contributed by atoms with Gasteiger partial charge < -0.3 is 23.4 Å². The highest BCUT2D eigenvalue weighted by molar-refractivity contribution is 5.90. The van der Waals surface area contributed by atoms with Crippen LogP contribution in [-0.4, -0.2) is 37.4 Å². The van der Waals surface area contributed by atoms with Gasteiger partial charge in [0.2, 0.25) is 0 Å². The van der Waals surface area contributed by atoms with E-state index in [0.29, 0.717) is 60.1 Å². The highest BCUT2D eigenvalue weighted by atomic mass is 16.6. The van der Waals surface area contributed by atoms with Crippen molar-refractivity contribution in [2.24, 2.45) is 11.8 Å². The summed E-state index contributed by atoms with van der Waals surface area (Å²) in [4.78, 5) is 42.8. The maximum absolute atomic E-state index is 14.7. The molecule has 61 heavy (non-hydrogen) atoms. The molecule has 4 aliphatic rings. The summed E-state index contributed by atoms with van der Waals surface area (Å²) in [5.74, 6) is -0.415. The monoisotopic (exact) mass is 822 g/mol. The van der Waals surface area contributed by atoms with Crippen LogP contribution in [0.2, 0.25) is 0 Å². The summed E-state index contributed by atoms with van der Waals surface area (Å²) in [5, 5.41) is 0.658. The molecule has 1 aliphatic carbocycles. The summed E-state index contributed by atoms with van der Waals surface area (Å²) in [6.45, 7) is 6.22. The fourth-order valence-corrected chi connectivity index (χ4v) is 9.82. The zero-order valence-electron chi connectivity index (χ0n) is 36.0. The van der Waals surface area contributed by atoms with Crippen molar-refractivity contribution in [1.82, 2.24) is 0 Å². The van der Waals surface area contributed by atoms with Gasteiger partial charge in [0.05, 0.1) is 12.2 Å². The minimum absolute atomic E-state index is 0.0305. The van der Waals surface area contributed by atoms with Crippen molar-refractivity contribution in [3.63, 3.8) is 0 Å². The van der Waals surface area contributed by atoms with Gasteiger partial charge in [0, 0.05) is 42.4 Å². The van der Waals surface area contributed by atoms with Crippen molar-refractivity contribution in [3.8, 4) is 5.75 Å². The molecule has 0 spiro atoms. The van der Waals surface area contributed by atoms with Crippen molar-refractivity contribution in [1.29, 1.82) is 0 Å². The Kier molecular flexibility index (Phi) is 12.9. The van der Waals surface area contributed by atoms with Crippen molar-refractivity contribution in [2.45, 2.75) is 116 Å². The van der Waals surface area contributed by atoms with Gasteiger partial charge in [0.1, 0.15) is 16.9 Å². The number of aryl methyl sites for hydroxylation is 2. The lowest BCUT2D eigenvalue weighted by atomic mass is 9.76. The molecular formula is C53H58O8. The van der Waals surface area contributed by atoms with Crippen LogP contribution >= 0.6 is 0 Å². The molecule has 3 aliphatic heterocycles. The predicted molar refractivity (Wildman–Crippen MR) is 237 cm³/mol. The summed E-state index contributed by atoms with van der Waals surface area (Å²) in [6.07, 6.45) is 6.49. The summed E-state index contributed by atoms with van der Waals surface area (Å²) < 4.78 is 31.8. The van der Waals surface area contributed by atoms with Crippen molar-refractivity contribution >= 4 is 22.9 Å². The van der Waals surface area contributed by atoms with Crippen LogP contribution in [0.1, 0.15) is 111 Å². The van der Waals surface area contributed by atoms with Crippen LogP contribution in [0.4, 0.5) is 0 Å². The van der Waals surface area contributed by atoms with Gasteiger partial charge in [-0.15, -0.1) is 0 Å². The van der Waals surface area contributed by atoms with E-state index in [1.165, 1.54) is 16.7 Å². The molecule has 0 radical (unpaired) electrons. The third-order valence-electron chi connectivity index (χ3n) is 13.3. The molecule has 0 amide bonds. The maximum atomic E-state index is 14.7. The summed E-state index contributed by atoms with van der Waals surface area (Å²) in [6, 6.07) is 33.3. The number of esters is 2. The van der Waals surface area contributed by atoms with E-state index < -0.39 is 35.4 Å². The second kappa shape index (κ2) is 18.7. The van der Waals surface area contributed by atoms with Crippen molar-refractivity contribution in [2.75, 3.05) is 13.7 Å². The predicted octanol–water partition coefficient (Wildman–Crippen LogP) is 10.6. The number of ether oxygens (including phenoxy) is 4. The van der Waals surface area contributed by atoms with Gasteiger partial charge in [0.25, 0.3) is 0 Å². The number of methoxy groups -OCH3 is 1. The molecule has 4 aromatic carbocycles. The zero-order chi connectivity index (χ0) is 42.5. The van der Waals surface area contributed by atoms with Crippen molar-refractivity contribution < 1.29 is 33.0 Å². The van der Waals surface area contributed by atoms with Gasteiger partial charge in [0.15, 0.2) is 12.2 Å². The second-order valence-electron chi connectivity index (χ2n) is 17.8. The third-order valence-corrected chi connectivity index (χ3v) is 13.3. The zero-order valence-corrected chi connectivity index (χ0v) is 36.0. The Bertz CT molecular complexity index is 2440. The minimum atomic E-state index is -1.10. The summed E-state index contributed by atoms with van der Waals surface area (Å²) in [7, 11) is 1.59. The number of carbonyl (C=O) groups is 2. The Hall–Kier alpha value is -5.47. The maximum Gasteiger partial charge on any atom is 0.339 e. The quantitative estimate of drug-likeness (QED) is 0.0823. The first-order valence-corrected chi connectivity index (χ1v) is 22.1.